The van der Waals surface area contributed by atoms with E-state index in [4.69, 9.17) is 0 Å². The van der Waals surface area contributed by atoms with Gasteiger partial charge in [-0.25, -0.2) is 8.42 Å². The highest BCUT2D eigenvalue weighted by molar-refractivity contribution is 9.10. The first-order chi connectivity index (χ1) is 7.33. The zero-order valence-electron chi connectivity index (χ0n) is 9.10. The zero-order chi connectivity index (χ0) is 12.3. The summed E-state index contributed by atoms with van der Waals surface area (Å²) in [5.74, 6) is -0.388. The van der Waals surface area contributed by atoms with Crippen LogP contribution in [0, 0.1) is 6.92 Å². The molecule has 16 heavy (non-hydrogen) atoms. The van der Waals surface area contributed by atoms with Gasteiger partial charge in [0, 0.05) is 0 Å². The van der Waals surface area contributed by atoms with E-state index in [0.29, 0.717) is 0 Å². The second kappa shape index (κ2) is 5.10. The molecule has 0 aliphatic rings. The second-order valence-electron chi connectivity index (χ2n) is 3.67. The highest BCUT2D eigenvalue weighted by Gasteiger charge is 2.21. The summed E-state index contributed by atoms with van der Waals surface area (Å²) in [6.07, 6.45) is 0. The van der Waals surface area contributed by atoms with Crippen molar-refractivity contribution in [3.63, 3.8) is 0 Å². The van der Waals surface area contributed by atoms with Crippen LogP contribution in [0.3, 0.4) is 0 Å². The Morgan fingerprint density at radius 3 is 2.25 bits per heavy atom. The van der Waals surface area contributed by atoms with Gasteiger partial charge in [0.2, 0.25) is 0 Å². The molecule has 0 saturated carbocycles. The Morgan fingerprint density at radius 2 is 1.81 bits per heavy atom. The highest BCUT2D eigenvalue weighted by Crippen LogP contribution is 2.16. The summed E-state index contributed by atoms with van der Waals surface area (Å²) in [7, 11) is -3.39. The molecule has 0 unspecified atom stereocenters. The van der Waals surface area contributed by atoms with E-state index < -0.39 is 14.7 Å². The maximum absolute atomic E-state index is 11.9. The molecule has 0 saturated heterocycles. The van der Waals surface area contributed by atoms with Crippen LogP contribution in [0.15, 0.2) is 29.2 Å². The first-order valence-corrected chi connectivity index (χ1v) is 7.33. The number of aryl methyl sites for hydroxylation is 1. The van der Waals surface area contributed by atoms with Crippen molar-refractivity contribution >= 4 is 31.6 Å². The molecular formula is C11H13BrO3S. The molecule has 0 bridgehead atoms. The van der Waals surface area contributed by atoms with Crippen LogP contribution in [0.2, 0.25) is 0 Å². The third kappa shape index (κ3) is 3.42. The fraction of sp³-hybridized carbons (Fsp3) is 0.364. The maximum Gasteiger partial charge on any atom is 0.179 e. The molecule has 0 aromatic heterocycles. The van der Waals surface area contributed by atoms with Gasteiger partial charge in [0.15, 0.2) is 9.84 Å². The standard InChI is InChI=1S/C11H13BrO3S/c1-8-3-5-10(6-4-8)16(14,15)7-11(12)9(2)13/h3-6,11H,7H2,1-2H3/t11-/m0/s1. The van der Waals surface area contributed by atoms with Crippen molar-refractivity contribution < 1.29 is 13.2 Å². The number of carbonyl (C=O) groups excluding carboxylic acids is 1. The number of hydrogen-bond acceptors (Lipinski definition) is 3. The summed E-state index contributed by atoms with van der Waals surface area (Å²) >= 11 is 3.06. The molecular weight excluding hydrogens is 292 g/mol. The van der Waals surface area contributed by atoms with E-state index in [1.54, 1.807) is 24.3 Å². The van der Waals surface area contributed by atoms with Crippen molar-refractivity contribution in [2.45, 2.75) is 23.6 Å². The van der Waals surface area contributed by atoms with Gasteiger partial charge in [-0.05, 0) is 26.0 Å². The third-order valence-corrected chi connectivity index (χ3v) is 5.35. The molecule has 0 spiro atoms. The molecule has 1 rings (SSSR count). The lowest BCUT2D eigenvalue weighted by molar-refractivity contribution is -0.116. The van der Waals surface area contributed by atoms with Crippen molar-refractivity contribution in [3.05, 3.63) is 29.8 Å². The lowest BCUT2D eigenvalue weighted by Gasteiger charge is -2.07. The van der Waals surface area contributed by atoms with Crippen LogP contribution in [-0.2, 0) is 14.6 Å². The summed E-state index contributed by atoms with van der Waals surface area (Å²) in [6.45, 7) is 3.25. The Labute approximate surface area is 104 Å². The Morgan fingerprint density at radius 1 is 1.31 bits per heavy atom. The fourth-order valence-corrected chi connectivity index (χ4v) is 3.56. The number of Topliss-reactive ketones (excluding diaryl/α,β-unsaturated/α-hetero) is 1. The van der Waals surface area contributed by atoms with Crippen LogP contribution >= 0.6 is 15.9 Å². The van der Waals surface area contributed by atoms with Gasteiger partial charge in [0.1, 0.15) is 5.78 Å². The number of carbonyl (C=O) groups is 1. The van der Waals surface area contributed by atoms with E-state index in [-0.39, 0.29) is 16.4 Å². The van der Waals surface area contributed by atoms with Crippen LogP contribution < -0.4 is 0 Å². The smallest absolute Gasteiger partial charge is 0.179 e. The van der Waals surface area contributed by atoms with Gasteiger partial charge in [0.25, 0.3) is 0 Å². The van der Waals surface area contributed by atoms with Gasteiger partial charge < -0.3 is 0 Å². The van der Waals surface area contributed by atoms with E-state index in [1.165, 1.54) is 6.92 Å². The van der Waals surface area contributed by atoms with E-state index >= 15 is 0 Å². The van der Waals surface area contributed by atoms with E-state index in [0.717, 1.165) is 5.56 Å². The van der Waals surface area contributed by atoms with Crippen LogP contribution in [0.4, 0.5) is 0 Å². The first kappa shape index (κ1) is 13.4. The molecule has 0 N–H and O–H groups in total. The number of sulfone groups is 1. The van der Waals surface area contributed by atoms with Gasteiger partial charge in [-0.2, -0.15) is 0 Å². The minimum atomic E-state index is -3.39. The van der Waals surface area contributed by atoms with Gasteiger partial charge in [0.05, 0.1) is 15.5 Å². The summed E-state index contributed by atoms with van der Waals surface area (Å²) in [5, 5.41) is 0. The minimum absolute atomic E-state index is 0.185. The number of hydrogen-bond donors (Lipinski definition) is 0. The summed E-state index contributed by atoms with van der Waals surface area (Å²) < 4.78 is 23.8. The zero-order valence-corrected chi connectivity index (χ0v) is 11.5. The van der Waals surface area contributed by atoms with E-state index in [1.807, 2.05) is 6.92 Å². The van der Waals surface area contributed by atoms with Crippen molar-refractivity contribution in [2.24, 2.45) is 0 Å². The highest BCUT2D eigenvalue weighted by atomic mass is 79.9. The Bertz CT molecular complexity index is 476. The van der Waals surface area contributed by atoms with Gasteiger partial charge in [-0.1, -0.05) is 33.6 Å². The quantitative estimate of drug-likeness (QED) is 0.801. The molecule has 1 aromatic carbocycles. The lowest BCUT2D eigenvalue weighted by Crippen LogP contribution is -2.22. The SMILES string of the molecule is CC(=O)[C@@H](Br)CS(=O)(=O)c1ccc(C)cc1. The van der Waals surface area contributed by atoms with Crippen molar-refractivity contribution in [1.29, 1.82) is 0 Å². The Balaban J connectivity index is 2.94. The molecule has 88 valence electrons. The van der Waals surface area contributed by atoms with Gasteiger partial charge in [-0.15, -0.1) is 0 Å². The molecule has 3 nitrogen and oxygen atoms in total. The van der Waals surface area contributed by atoms with E-state index in [2.05, 4.69) is 15.9 Å². The predicted molar refractivity (Wildman–Crippen MR) is 66.6 cm³/mol. The van der Waals surface area contributed by atoms with Gasteiger partial charge in [-0.3, -0.25) is 4.79 Å². The van der Waals surface area contributed by atoms with Crippen molar-refractivity contribution in [2.75, 3.05) is 5.75 Å². The normalized spacial score (nSPS) is 13.4. The fourth-order valence-electron chi connectivity index (χ4n) is 1.15. The molecule has 0 heterocycles. The second-order valence-corrected chi connectivity index (χ2v) is 6.81. The molecule has 1 aromatic rings. The molecule has 5 heteroatoms. The monoisotopic (exact) mass is 304 g/mol. The van der Waals surface area contributed by atoms with Crippen molar-refractivity contribution in [3.8, 4) is 0 Å². The summed E-state index contributed by atoms with van der Waals surface area (Å²) in [4.78, 5) is 10.6. The number of halogens is 1. The minimum Gasteiger partial charge on any atom is -0.299 e. The lowest BCUT2D eigenvalue weighted by atomic mass is 10.2. The summed E-state index contributed by atoms with van der Waals surface area (Å²) in [6, 6.07) is 6.60. The number of alkyl halides is 1. The first-order valence-electron chi connectivity index (χ1n) is 4.77. The third-order valence-electron chi connectivity index (χ3n) is 2.19. The van der Waals surface area contributed by atoms with Gasteiger partial charge >= 0.3 is 0 Å². The average Bonchev–Trinajstić information content (AvgIpc) is 2.17. The van der Waals surface area contributed by atoms with E-state index in [9.17, 15) is 13.2 Å². The molecule has 0 radical (unpaired) electrons. The predicted octanol–water partition coefficient (Wildman–Crippen LogP) is 2.12. The number of benzene rings is 1. The molecule has 0 aliphatic carbocycles. The molecule has 0 amide bonds. The van der Waals surface area contributed by atoms with Crippen molar-refractivity contribution in [1.82, 2.24) is 0 Å². The number of ketones is 1. The maximum atomic E-state index is 11.9. The molecule has 0 aliphatic heterocycles. The molecule has 1 atom stereocenters. The molecule has 0 fully saturated rings. The van der Waals surface area contributed by atoms with Crippen LogP contribution in [0.5, 0.6) is 0 Å². The summed E-state index contributed by atoms with van der Waals surface area (Å²) in [5.41, 5.74) is 1.00. The van der Waals surface area contributed by atoms with Crippen LogP contribution in [-0.4, -0.2) is 24.8 Å². The van der Waals surface area contributed by atoms with Crippen LogP contribution in [0.1, 0.15) is 12.5 Å². The average molecular weight is 305 g/mol. The largest absolute Gasteiger partial charge is 0.299 e. The number of rotatable bonds is 4. The van der Waals surface area contributed by atoms with Crippen LogP contribution in [0.25, 0.3) is 0 Å². The topological polar surface area (TPSA) is 51.2 Å². The Kier molecular flexibility index (Phi) is 4.27. The Hall–Kier alpha value is -0.680.